The summed E-state index contributed by atoms with van der Waals surface area (Å²) < 4.78 is 52.0. The molecule has 0 fully saturated rings. The third-order valence-electron chi connectivity index (χ3n) is 2.86. The Morgan fingerprint density at radius 3 is 2.48 bits per heavy atom. The van der Waals surface area contributed by atoms with Crippen molar-refractivity contribution in [3.05, 3.63) is 63.6 Å². The van der Waals surface area contributed by atoms with E-state index in [1.807, 2.05) is 0 Å². The van der Waals surface area contributed by atoms with Crippen molar-refractivity contribution in [2.75, 3.05) is 0 Å². The number of rotatable bonds is 3. The highest BCUT2D eigenvalue weighted by Crippen LogP contribution is 2.35. The highest BCUT2D eigenvalue weighted by atomic mass is 79.9. The summed E-state index contributed by atoms with van der Waals surface area (Å²) in [5.41, 5.74) is 2.12. The van der Waals surface area contributed by atoms with Crippen LogP contribution < -0.4 is 11.3 Å². The molecule has 0 radical (unpaired) electrons. The van der Waals surface area contributed by atoms with Crippen molar-refractivity contribution in [2.24, 2.45) is 5.84 Å². The van der Waals surface area contributed by atoms with E-state index in [9.17, 15) is 17.6 Å². The van der Waals surface area contributed by atoms with Crippen LogP contribution in [0.4, 0.5) is 17.6 Å². The monoisotopic (exact) mass is 363 g/mol. The molecule has 2 aromatic rings. The fourth-order valence-electron chi connectivity index (χ4n) is 1.89. The summed E-state index contributed by atoms with van der Waals surface area (Å²) in [7, 11) is 0. The average molecular weight is 364 g/mol. The van der Waals surface area contributed by atoms with E-state index in [4.69, 9.17) is 5.84 Å². The van der Waals surface area contributed by atoms with Crippen molar-refractivity contribution >= 4 is 15.9 Å². The number of nitrogens with two attached hydrogens (primary N) is 1. The molecule has 1 aromatic carbocycles. The molecule has 1 atom stereocenters. The summed E-state index contributed by atoms with van der Waals surface area (Å²) in [6.45, 7) is 0. The molecular formula is C13H10BrF4N3. The Kier molecular flexibility index (Phi) is 4.60. The molecule has 0 bridgehead atoms. The van der Waals surface area contributed by atoms with Crippen LogP contribution in [0.15, 0.2) is 41.1 Å². The Labute approximate surface area is 126 Å². The number of nitrogens with one attached hydrogen (secondary N) is 1. The third-order valence-corrected chi connectivity index (χ3v) is 3.58. The van der Waals surface area contributed by atoms with E-state index >= 15 is 0 Å². The fourth-order valence-corrected chi connectivity index (χ4v) is 2.37. The highest BCUT2D eigenvalue weighted by Gasteiger charge is 2.31. The van der Waals surface area contributed by atoms with Crippen LogP contribution in [0.5, 0.6) is 0 Å². The van der Waals surface area contributed by atoms with E-state index in [0.29, 0.717) is 10.0 Å². The number of hydrogen-bond acceptors (Lipinski definition) is 3. The Morgan fingerprint density at radius 1 is 1.19 bits per heavy atom. The predicted octanol–water partition coefficient (Wildman–Crippen LogP) is 3.55. The van der Waals surface area contributed by atoms with E-state index in [2.05, 4.69) is 26.3 Å². The molecular weight excluding hydrogens is 354 g/mol. The molecule has 112 valence electrons. The fraction of sp³-hybridized carbons (Fsp3) is 0.154. The van der Waals surface area contributed by atoms with Gasteiger partial charge in [0.1, 0.15) is 5.82 Å². The van der Waals surface area contributed by atoms with E-state index in [1.165, 1.54) is 12.3 Å². The molecule has 3 nitrogen and oxygen atoms in total. The summed E-state index contributed by atoms with van der Waals surface area (Å²) in [4.78, 5) is 3.67. The van der Waals surface area contributed by atoms with Gasteiger partial charge >= 0.3 is 6.18 Å². The lowest BCUT2D eigenvalue weighted by molar-refractivity contribution is -0.137. The second-order valence-corrected chi connectivity index (χ2v) is 5.12. The molecule has 0 saturated heterocycles. The first-order chi connectivity index (χ1) is 9.82. The Morgan fingerprint density at radius 2 is 1.90 bits per heavy atom. The van der Waals surface area contributed by atoms with Gasteiger partial charge in [-0.1, -0.05) is 15.9 Å². The lowest BCUT2D eigenvalue weighted by Gasteiger charge is -2.19. The molecule has 0 aliphatic carbocycles. The zero-order valence-corrected chi connectivity index (χ0v) is 12.0. The van der Waals surface area contributed by atoms with Gasteiger partial charge in [-0.2, -0.15) is 13.2 Å². The number of halogens is 5. The molecule has 0 amide bonds. The first kappa shape index (κ1) is 15.9. The van der Waals surface area contributed by atoms with E-state index in [0.717, 1.165) is 24.4 Å². The summed E-state index contributed by atoms with van der Waals surface area (Å²) in [5.74, 6) is 4.81. The van der Waals surface area contributed by atoms with Crippen LogP contribution >= 0.6 is 15.9 Å². The molecule has 1 aromatic heterocycles. The number of hydrogen-bond donors (Lipinski definition) is 2. The van der Waals surface area contributed by atoms with Crippen LogP contribution in [0.1, 0.15) is 22.7 Å². The molecule has 0 aliphatic rings. The summed E-state index contributed by atoms with van der Waals surface area (Å²) in [6, 6.07) is 3.51. The van der Waals surface area contributed by atoms with Crippen LogP contribution in [0.3, 0.4) is 0 Å². The van der Waals surface area contributed by atoms with Crippen LogP contribution in [0.25, 0.3) is 0 Å². The van der Waals surface area contributed by atoms with Crippen LogP contribution in [-0.2, 0) is 6.18 Å². The first-order valence-corrected chi connectivity index (χ1v) is 6.55. The van der Waals surface area contributed by atoms with Gasteiger partial charge in [-0.25, -0.2) is 9.82 Å². The number of hydrazine groups is 1. The van der Waals surface area contributed by atoms with Crippen LogP contribution in [0, 0.1) is 5.82 Å². The second kappa shape index (κ2) is 6.08. The van der Waals surface area contributed by atoms with Crippen molar-refractivity contribution < 1.29 is 17.6 Å². The lowest BCUT2D eigenvalue weighted by atomic mass is 9.98. The number of pyridine rings is 1. The number of benzene rings is 1. The van der Waals surface area contributed by atoms with Crippen molar-refractivity contribution in [1.29, 1.82) is 0 Å². The minimum Gasteiger partial charge on any atom is -0.271 e. The van der Waals surface area contributed by atoms with E-state index in [-0.39, 0.29) is 5.56 Å². The Balaban J connectivity index is 2.52. The predicted molar refractivity (Wildman–Crippen MR) is 72.5 cm³/mol. The minimum atomic E-state index is -4.48. The van der Waals surface area contributed by atoms with Crippen LogP contribution in [0.2, 0.25) is 0 Å². The van der Waals surface area contributed by atoms with Crippen molar-refractivity contribution in [3.8, 4) is 0 Å². The summed E-state index contributed by atoms with van der Waals surface area (Å²) in [6.07, 6.45) is -2.15. The average Bonchev–Trinajstić information content (AvgIpc) is 2.40. The maximum absolute atomic E-state index is 13.2. The highest BCUT2D eigenvalue weighted by molar-refractivity contribution is 9.10. The topological polar surface area (TPSA) is 50.9 Å². The molecule has 1 unspecified atom stereocenters. The van der Waals surface area contributed by atoms with Gasteiger partial charge in [0.05, 0.1) is 17.8 Å². The largest absolute Gasteiger partial charge is 0.416 e. The quantitative estimate of drug-likeness (QED) is 0.498. The molecule has 8 heteroatoms. The number of nitrogens with zero attached hydrogens (tertiary/aromatic N) is 1. The van der Waals surface area contributed by atoms with Gasteiger partial charge < -0.3 is 0 Å². The molecule has 0 spiro atoms. The van der Waals surface area contributed by atoms with Crippen molar-refractivity contribution in [2.45, 2.75) is 12.2 Å². The van der Waals surface area contributed by atoms with Crippen molar-refractivity contribution in [3.63, 3.8) is 0 Å². The summed E-state index contributed by atoms with van der Waals surface area (Å²) in [5, 5.41) is 0. The molecule has 3 N–H and O–H groups in total. The molecule has 21 heavy (non-hydrogen) atoms. The second-order valence-electron chi connectivity index (χ2n) is 4.27. The van der Waals surface area contributed by atoms with Crippen LogP contribution in [-0.4, -0.2) is 4.98 Å². The van der Waals surface area contributed by atoms with E-state index in [1.54, 1.807) is 0 Å². The van der Waals surface area contributed by atoms with Gasteiger partial charge in [-0.05, 0) is 35.4 Å². The maximum Gasteiger partial charge on any atom is 0.416 e. The molecule has 0 saturated carbocycles. The summed E-state index contributed by atoms with van der Waals surface area (Å²) >= 11 is 3.18. The van der Waals surface area contributed by atoms with E-state index < -0.39 is 23.6 Å². The van der Waals surface area contributed by atoms with Crippen molar-refractivity contribution in [1.82, 2.24) is 10.4 Å². The number of aromatic nitrogens is 1. The smallest absolute Gasteiger partial charge is 0.271 e. The normalized spacial score (nSPS) is 13.2. The Bertz CT molecular complexity index is 646. The minimum absolute atomic E-state index is 0.236. The molecule has 0 aliphatic heterocycles. The maximum atomic E-state index is 13.2. The van der Waals surface area contributed by atoms with Gasteiger partial charge in [-0.3, -0.25) is 10.8 Å². The Hall–Kier alpha value is -1.51. The first-order valence-electron chi connectivity index (χ1n) is 5.76. The number of alkyl halides is 3. The lowest BCUT2D eigenvalue weighted by Crippen LogP contribution is -2.29. The van der Waals surface area contributed by atoms with Gasteiger partial charge in [0.15, 0.2) is 0 Å². The third kappa shape index (κ3) is 3.58. The standard InChI is InChI=1S/C13H10BrF4N3/c14-11-2-1-8(13(16,17)18)4-10(11)12(21-19)7-3-9(15)6-20-5-7/h1-6,12,21H,19H2. The molecule has 2 rings (SSSR count). The van der Waals surface area contributed by atoms with Gasteiger partial charge in [0, 0.05) is 10.7 Å². The zero-order chi connectivity index (χ0) is 15.6. The van der Waals surface area contributed by atoms with Gasteiger partial charge in [-0.15, -0.1) is 0 Å². The molecule has 1 heterocycles. The van der Waals surface area contributed by atoms with Gasteiger partial charge in [0.25, 0.3) is 0 Å². The zero-order valence-electron chi connectivity index (χ0n) is 10.5. The SMILES string of the molecule is NNC(c1cncc(F)c1)c1cc(C(F)(F)F)ccc1Br. The van der Waals surface area contributed by atoms with Gasteiger partial charge in [0.2, 0.25) is 0 Å².